The van der Waals surface area contributed by atoms with Crippen molar-refractivity contribution in [2.75, 3.05) is 6.61 Å². The molecule has 3 aliphatic rings. The maximum absolute atomic E-state index is 6.68. The molecule has 9 nitrogen and oxygen atoms in total. The molecule has 3 aliphatic heterocycles. The molecular formula is C42H52O9. The van der Waals surface area contributed by atoms with Crippen molar-refractivity contribution in [3.8, 4) is 0 Å². The van der Waals surface area contributed by atoms with E-state index in [9.17, 15) is 0 Å². The highest BCUT2D eigenvalue weighted by Gasteiger charge is 2.60. The second-order valence-corrected chi connectivity index (χ2v) is 14.2. The third-order valence-electron chi connectivity index (χ3n) is 9.16. The molecule has 0 aromatic heterocycles. The van der Waals surface area contributed by atoms with Crippen LogP contribution < -0.4 is 0 Å². The van der Waals surface area contributed by atoms with E-state index in [1.54, 1.807) is 6.08 Å². The SMILES string of the molecule is C=C[C@@H](OCc1ccccc1)[C@H](OCc1ccccc1)[C@@H](COCc1ccccc1)OC(=C)CC[C@H]1O[C@@H]2OC(C)(C)O[C@@H]2[C@H]2OC(C)(C)O[C@H]21. The molecule has 51 heavy (non-hydrogen) atoms. The summed E-state index contributed by atoms with van der Waals surface area (Å²) in [7, 11) is 0. The molecule has 3 heterocycles. The lowest BCUT2D eigenvalue weighted by Crippen LogP contribution is -2.54. The van der Waals surface area contributed by atoms with E-state index in [-0.39, 0.29) is 31.0 Å². The first kappa shape index (κ1) is 37.4. The van der Waals surface area contributed by atoms with Crippen molar-refractivity contribution >= 4 is 0 Å². The number of hydrogen-bond donors (Lipinski definition) is 0. The monoisotopic (exact) mass is 700 g/mol. The van der Waals surface area contributed by atoms with Gasteiger partial charge >= 0.3 is 0 Å². The highest BCUT2D eigenvalue weighted by atomic mass is 16.9. The van der Waals surface area contributed by atoms with E-state index in [1.165, 1.54) is 0 Å². The third-order valence-corrected chi connectivity index (χ3v) is 9.16. The van der Waals surface area contributed by atoms with Gasteiger partial charge in [0, 0.05) is 6.42 Å². The average Bonchev–Trinajstić information content (AvgIpc) is 3.63. The number of allylic oxidation sites excluding steroid dienone is 1. The van der Waals surface area contributed by atoms with Crippen LogP contribution in [0.2, 0.25) is 0 Å². The van der Waals surface area contributed by atoms with Crippen LogP contribution >= 0.6 is 0 Å². The topological polar surface area (TPSA) is 83.1 Å². The minimum absolute atomic E-state index is 0.228. The molecule has 0 spiro atoms. The summed E-state index contributed by atoms with van der Waals surface area (Å²) in [6.45, 7) is 17.4. The fourth-order valence-electron chi connectivity index (χ4n) is 6.81. The van der Waals surface area contributed by atoms with Crippen LogP contribution in [0.4, 0.5) is 0 Å². The molecule has 0 radical (unpaired) electrons. The van der Waals surface area contributed by atoms with Gasteiger partial charge in [0.1, 0.15) is 30.5 Å². The zero-order chi connectivity index (χ0) is 35.8. The third kappa shape index (κ3) is 10.2. The van der Waals surface area contributed by atoms with Crippen molar-refractivity contribution in [3.05, 3.63) is 133 Å². The van der Waals surface area contributed by atoms with Crippen LogP contribution in [0.15, 0.2) is 116 Å². The van der Waals surface area contributed by atoms with Crippen LogP contribution in [0.1, 0.15) is 57.2 Å². The summed E-state index contributed by atoms with van der Waals surface area (Å²) in [6.07, 6.45) is -0.793. The first-order valence-electron chi connectivity index (χ1n) is 17.9. The van der Waals surface area contributed by atoms with Crippen molar-refractivity contribution in [1.82, 2.24) is 0 Å². The van der Waals surface area contributed by atoms with Crippen LogP contribution in [-0.4, -0.2) is 67.2 Å². The zero-order valence-corrected chi connectivity index (χ0v) is 30.2. The highest BCUT2D eigenvalue weighted by molar-refractivity contribution is 5.15. The molecule has 0 N–H and O–H groups in total. The first-order chi connectivity index (χ1) is 24.6. The molecule has 8 atom stereocenters. The highest BCUT2D eigenvalue weighted by Crippen LogP contribution is 2.45. The Morgan fingerprint density at radius 2 is 1.24 bits per heavy atom. The summed E-state index contributed by atoms with van der Waals surface area (Å²) in [6, 6.07) is 30.1. The summed E-state index contributed by atoms with van der Waals surface area (Å²) >= 11 is 0. The van der Waals surface area contributed by atoms with Crippen LogP contribution in [0.3, 0.4) is 0 Å². The Morgan fingerprint density at radius 3 is 1.84 bits per heavy atom. The predicted octanol–water partition coefficient (Wildman–Crippen LogP) is 7.64. The standard InChI is InChI=1S/C42H52O9/c1-7-33(44-26-31-19-13-9-14-20-31)36(45-27-32-21-15-10-16-22-32)35(28-43-25-30-17-11-8-12-18-30)46-29(2)23-24-34-37-38(49-41(3,4)48-37)39-40(47-34)51-42(5,6)50-39/h7-22,33-40H,1-2,23-28H2,3-6H3/t33-,34-,35-,36+,37+,38+,39-,40-/m1/s1. The number of ether oxygens (including phenoxy) is 9. The molecule has 0 amide bonds. The van der Waals surface area contributed by atoms with Crippen LogP contribution in [-0.2, 0) is 62.5 Å². The molecule has 0 bridgehead atoms. The molecule has 3 saturated heterocycles. The molecule has 3 fully saturated rings. The summed E-state index contributed by atoms with van der Waals surface area (Å²) in [5, 5.41) is 0. The second kappa shape index (κ2) is 17.0. The lowest BCUT2D eigenvalue weighted by atomic mass is 9.95. The van der Waals surface area contributed by atoms with E-state index in [1.807, 2.05) is 119 Å². The van der Waals surface area contributed by atoms with Gasteiger partial charge in [-0.15, -0.1) is 6.58 Å². The summed E-state index contributed by atoms with van der Waals surface area (Å²) in [5.41, 5.74) is 3.13. The quantitative estimate of drug-likeness (QED) is 0.0983. The molecule has 3 aromatic rings. The van der Waals surface area contributed by atoms with E-state index < -0.39 is 36.2 Å². The van der Waals surface area contributed by atoms with Gasteiger partial charge in [0.05, 0.1) is 38.3 Å². The van der Waals surface area contributed by atoms with Crippen LogP contribution in [0.5, 0.6) is 0 Å². The smallest absolute Gasteiger partial charge is 0.190 e. The predicted molar refractivity (Wildman–Crippen MR) is 192 cm³/mol. The number of benzene rings is 3. The Hall–Kier alpha value is -3.38. The van der Waals surface area contributed by atoms with E-state index in [0.29, 0.717) is 38.4 Å². The summed E-state index contributed by atoms with van der Waals surface area (Å²) < 4.78 is 57.5. The van der Waals surface area contributed by atoms with E-state index in [4.69, 9.17) is 42.6 Å². The molecule has 0 unspecified atom stereocenters. The van der Waals surface area contributed by atoms with Crippen molar-refractivity contribution in [3.63, 3.8) is 0 Å². The Bertz CT molecular complexity index is 1530. The van der Waals surface area contributed by atoms with Gasteiger partial charge in [-0.05, 0) is 50.8 Å². The second-order valence-electron chi connectivity index (χ2n) is 14.2. The van der Waals surface area contributed by atoms with Gasteiger partial charge in [-0.2, -0.15) is 0 Å². The van der Waals surface area contributed by atoms with Gasteiger partial charge in [0.2, 0.25) is 0 Å². The fourth-order valence-corrected chi connectivity index (χ4v) is 6.81. The number of rotatable bonds is 18. The maximum atomic E-state index is 6.68. The Balaban J connectivity index is 1.18. The van der Waals surface area contributed by atoms with Crippen molar-refractivity contribution in [2.45, 2.75) is 121 Å². The van der Waals surface area contributed by atoms with E-state index in [2.05, 4.69) is 13.2 Å². The molecule has 3 aromatic carbocycles. The Kier molecular flexibility index (Phi) is 12.4. The minimum Gasteiger partial charge on any atom is -0.490 e. The molecule has 6 rings (SSSR count). The van der Waals surface area contributed by atoms with Gasteiger partial charge in [0.25, 0.3) is 0 Å². The minimum atomic E-state index is -0.788. The van der Waals surface area contributed by atoms with Crippen molar-refractivity contribution < 1.29 is 42.6 Å². The largest absolute Gasteiger partial charge is 0.490 e. The fraction of sp³-hybridized carbons (Fsp3) is 0.476. The van der Waals surface area contributed by atoms with E-state index in [0.717, 1.165) is 16.7 Å². The molecule has 0 aliphatic carbocycles. The summed E-state index contributed by atoms with van der Waals surface area (Å²) in [5.74, 6) is -1.00. The van der Waals surface area contributed by atoms with Gasteiger partial charge in [-0.3, -0.25) is 0 Å². The van der Waals surface area contributed by atoms with Crippen molar-refractivity contribution in [2.24, 2.45) is 0 Å². The lowest BCUT2D eigenvalue weighted by Gasteiger charge is -2.37. The maximum Gasteiger partial charge on any atom is 0.190 e. The lowest BCUT2D eigenvalue weighted by molar-refractivity contribution is -0.235. The van der Waals surface area contributed by atoms with Gasteiger partial charge in [-0.25, -0.2) is 0 Å². The zero-order valence-electron chi connectivity index (χ0n) is 30.2. The molecule has 274 valence electrons. The first-order valence-corrected chi connectivity index (χ1v) is 17.9. The van der Waals surface area contributed by atoms with Crippen LogP contribution in [0, 0.1) is 0 Å². The molecule has 9 heteroatoms. The van der Waals surface area contributed by atoms with Gasteiger partial charge in [-0.1, -0.05) is 104 Å². The van der Waals surface area contributed by atoms with Gasteiger partial charge < -0.3 is 42.6 Å². The molecule has 0 saturated carbocycles. The van der Waals surface area contributed by atoms with Crippen LogP contribution in [0.25, 0.3) is 0 Å². The normalized spacial score (nSPS) is 26.4. The Morgan fingerprint density at radius 1 is 0.706 bits per heavy atom. The number of fused-ring (bicyclic) bond motifs is 3. The van der Waals surface area contributed by atoms with Crippen molar-refractivity contribution in [1.29, 1.82) is 0 Å². The van der Waals surface area contributed by atoms with E-state index >= 15 is 0 Å². The molecular weight excluding hydrogens is 648 g/mol. The number of hydrogen-bond acceptors (Lipinski definition) is 9. The summed E-state index contributed by atoms with van der Waals surface area (Å²) in [4.78, 5) is 0. The average molecular weight is 701 g/mol. The van der Waals surface area contributed by atoms with Gasteiger partial charge in [0.15, 0.2) is 24.0 Å². The Labute approximate surface area is 302 Å².